The summed E-state index contributed by atoms with van der Waals surface area (Å²) >= 11 is 0. The highest BCUT2D eigenvalue weighted by atomic mass is 15.2. The SMILES string of the molecule is CC(C)=C1CCCCC(NN)CCC1. The van der Waals surface area contributed by atoms with Gasteiger partial charge in [-0.1, -0.05) is 17.6 Å². The predicted octanol–water partition coefficient (Wildman–Crippen LogP) is 2.90. The summed E-state index contributed by atoms with van der Waals surface area (Å²) in [7, 11) is 0. The molecule has 0 amide bonds. The summed E-state index contributed by atoms with van der Waals surface area (Å²) in [6.07, 6.45) is 8.99. The second kappa shape index (κ2) is 6.20. The van der Waals surface area contributed by atoms with Crippen LogP contribution in [-0.2, 0) is 0 Å². The first-order valence-corrected chi connectivity index (χ1v) is 5.85. The van der Waals surface area contributed by atoms with Crippen LogP contribution in [0.2, 0.25) is 0 Å². The van der Waals surface area contributed by atoms with Crippen LogP contribution in [0.15, 0.2) is 11.1 Å². The molecule has 2 heteroatoms. The predicted molar refractivity (Wildman–Crippen MR) is 61.8 cm³/mol. The maximum atomic E-state index is 5.51. The third-order valence-corrected chi connectivity index (χ3v) is 3.26. The van der Waals surface area contributed by atoms with Crippen molar-refractivity contribution in [1.82, 2.24) is 5.43 Å². The van der Waals surface area contributed by atoms with Gasteiger partial charge in [-0.15, -0.1) is 0 Å². The summed E-state index contributed by atoms with van der Waals surface area (Å²) < 4.78 is 0. The van der Waals surface area contributed by atoms with Crippen LogP contribution < -0.4 is 11.3 Å². The summed E-state index contributed by atoms with van der Waals surface area (Å²) in [6.45, 7) is 4.48. The van der Waals surface area contributed by atoms with Gasteiger partial charge < -0.3 is 0 Å². The van der Waals surface area contributed by atoms with Crippen molar-refractivity contribution in [3.63, 3.8) is 0 Å². The fourth-order valence-corrected chi connectivity index (χ4v) is 2.23. The quantitative estimate of drug-likeness (QED) is 0.384. The van der Waals surface area contributed by atoms with Crippen molar-refractivity contribution in [2.24, 2.45) is 5.84 Å². The third-order valence-electron chi connectivity index (χ3n) is 3.26. The van der Waals surface area contributed by atoms with Crippen molar-refractivity contribution < 1.29 is 0 Å². The molecule has 0 aliphatic heterocycles. The van der Waals surface area contributed by atoms with E-state index in [0.717, 1.165) is 0 Å². The normalized spacial score (nSPS) is 25.1. The third kappa shape index (κ3) is 3.81. The highest BCUT2D eigenvalue weighted by Gasteiger charge is 2.10. The van der Waals surface area contributed by atoms with E-state index < -0.39 is 0 Å². The number of hydrogen-bond donors (Lipinski definition) is 2. The van der Waals surface area contributed by atoms with E-state index in [9.17, 15) is 0 Å². The molecule has 0 spiro atoms. The van der Waals surface area contributed by atoms with Crippen molar-refractivity contribution in [1.29, 1.82) is 0 Å². The lowest BCUT2D eigenvalue weighted by Crippen LogP contribution is -2.34. The van der Waals surface area contributed by atoms with Gasteiger partial charge in [0, 0.05) is 6.04 Å². The van der Waals surface area contributed by atoms with Crippen LogP contribution in [0, 0.1) is 0 Å². The molecule has 1 rings (SSSR count). The zero-order chi connectivity index (χ0) is 10.4. The van der Waals surface area contributed by atoms with Gasteiger partial charge in [0.05, 0.1) is 0 Å². The standard InChI is InChI=1S/C12H24N2/c1-10(2)11-6-3-4-8-12(14-13)9-5-7-11/h12,14H,3-9,13H2,1-2H3. The Morgan fingerprint density at radius 3 is 2.43 bits per heavy atom. The van der Waals surface area contributed by atoms with Gasteiger partial charge in [0.1, 0.15) is 0 Å². The van der Waals surface area contributed by atoms with E-state index in [1.54, 1.807) is 5.57 Å². The largest absolute Gasteiger partial charge is 0.271 e. The van der Waals surface area contributed by atoms with E-state index >= 15 is 0 Å². The Morgan fingerprint density at radius 1 is 1.14 bits per heavy atom. The number of rotatable bonds is 1. The van der Waals surface area contributed by atoms with Crippen LogP contribution >= 0.6 is 0 Å². The molecule has 0 aromatic rings. The van der Waals surface area contributed by atoms with Gasteiger partial charge in [-0.05, 0) is 52.4 Å². The minimum absolute atomic E-state index is 0.548. The van der Waals surface area contributed by atoms with E-state index in [0.29, 0.717) is 6.04 Å². The molecule has 3 N–H and O–H groups in total. The summed E-state index contributed by atoms with van der Waals surface area (Å²) in [6, 6.07) is 0.548. The monoisotopic (exact) mass is 196 g/mol. The molecule has 0 bridgehead atoms. The summed E-state index contributed by atoms with van der Waals surface area (Å²) in [4.78, 5) is 0. The number of nitrogens with one attached hydrogen (secondary N) is 1. The fraction of sp³-hybridized carbons (Fsp3) is 0.833. The molecule has 1 fully saturated rings. The second-order valence-corrected chi connectivity index (χ2v) is 4.61. The molecule has 0 heterocycles. The molecule has 0 radical (unpaired) electrons. The lowest BCUT2D eigenvalue weighted by Gasteiger charge is -2.13. The zero-order valence-corrected chi connectivity index (χ0v) is 9.60. The average molecular weight is 196 g/mol. The van der Waals surface area contributed by atoms with Crippen LogP contribution in [0.25, 0.3) is 0 Å². The molecule has 0 aromatic carbocycles. The molecule has 1 aliphatic carbocycles. The topological polar surface area (TPSA) is 38.0 Å². The minimum Gasteiger partial charge on any atom is -0.271 e. The molecule has 1 aliphatic rings. The zero-order valence-electron chi connectivity index (χ0n) is 9.60. The molecule has 1 atom stereocenters. The Kier molecular flexibility index (Phi) is 5.20. The van der Waals surface area contributed by atoms with Crippen molar-refractivity contribution in [3.8, 4) is 0 Å². The maximum Gasteiger partial charge on any atom is 0.0210 e. The van der Waals surface area contributed by atoms with E-state index in [1.165, 1.54) is 50.5 Å². The van der Waals surface area contributed by atoms with Crippen LogP contribution in [-0.4, -0.2) is 6.04 Å². The van der Waals surface area contributed by atoms with Crippen molar-refractivity contribution in [2.45, 2.75) is 64.8 Å². The van der Waals surface area contributed by atoms with Crippen LogP contribution in [0.3, 0.4) is 0 Å². The van der Waals surface area contributed by atoms with E-state index in [4.69, 9.17) is 5.84 Å². The van der Waals surface area contributed by atoms with Crippen molar-refractivity contribution in [2.75, 3.05) is 0 Å². The highest BCUT2D eigenvalue weighted by Crippen LogP contribution is 2.23. The van der Waals surface area contributed by atoms with Crippen LogP contribution in [0.4, 0.5) is 0 Å². The fourth-order valence-electron chi connectivity index (χ4n) is 2.23. The van der Waals surface area contributed by atoms with Gasteiger partial charge in [0.2, 0.25) is 0 Å². The van der Waals surface area contributed by atoms with Gasteiger partial charge >= 0.3 is 0 Å². The van der Waals surface area contributed by atoms with Gasteiger partial charge in [0.25, 0.3) is 0 Å². The van der Waals surface area contributed by atoms with Gasteiger partial charge in [-0.25, -0.2) is 0 Å². The second-order valence-electron chi connectivity index (χ2n) is 4.61. The first kappa shape index (κ1) is 11.7. The van der Waals surface area contributed by atoms with E-state index in [2.05, 4.69) is 19.3 Å². The van der Waals surface area contributed by atoms with Gasteiger partial charge in [-0.3, -0.25) is 11.3 Å². The Balaban J connectivity index is 2.48. The number of allylic oxidation sites excluding steroid dienone is 2. The molecule has 2 nitrogen and oxygen atoms in total. The Labute approximate surface area is 87.9 Å². The summed E-state index contributed by atoms with van der Waals surface area (Å²) in [5, 5.41) is 0. The van der Waals surface area contributed by atoms with Crippen molar-refractivity contribution >= 4 is 0 Å². The molecule has 1 saturated carbocycles. The Hall–Kier alpha value is -0.340. The molecule has 14 heavy (non-hydrogen) atoms. The number of hydrazine groups is 1. The summed E-state index contributed by atoms with van der Waals surface area (Å²) in [5.41, 5.74) is 6.14. The number of hydrogen-bond acceptors (Lipinski definition) is 2. The lowest BCUT2D eigenvalue weighted by molar-refractivity contribution is 0.444. The first-order valence-electron chi connectivity index (χ1n) is 5.85. The van der Waals surface area contributed by atoms with Crippen LogP contribution in [0.5, 0.6) is 0 Å². The minimum atomic E-state index is 0.548. The molecule has 0 aromatic heterocycles. The smallest absolute Gasteiger partial charge is 0.0210 e. The lowest BCUT2D eigenvalue weighted by atomic mass is 10.00. The molecular weight excluding hydrogens is 172 g/mol. The molecular formula is C12H24N2. The summed E-state index contributed by atoms with van der Waals surface area (Å²) in [5.74, 6) is 5.51. The average Bonchev–Trinajstić information content (AvgIpc) is 2.28. The van der Waals surface area contributed by atoms with E-state index in [1.807, 2.05) is 0 Å². The molecule has 82 valence electrons. The van der Waals surface area contributed by atoms with Crippen molar-refractivity contribution in [3.05, 3.63) is 11.1 Å². The van der Waals surface area contributed by atoms with Gasteiger partial charge in [-0.2, -0.15) is 0 Å². The van der Waals surface area contributed by atoms with Gasteiger partial charge in [0.15, 0.2) is 0 Å². The first-order chi connectivity index (χ1) is 6.74. The number of nitrogens with two attached hydrogens (primary N) is 1. The maximum absolute atomic E-state index is 5.51. The highest BCUT2D eigenvalue weighted by molar-refractivity contribution is 5.09. The molecule has 1 unspecified atom stereocenters. The molecule has 0 saturated heterocycles. The van der Waals surface area contributed by atoms with Crippen LogP contribution in [0.1, 0.15) is 58.8 Å². The Bertz CT molecular complexity index is 192. The Morgan fingerprint density at radius 2 is 1.79 bits per heavy atom. The van der Waals surface area contributed by atoms with E-state index in [-0.39, 0.29) is 0 Å².